The van der Waals surface area contributed by atoms with Crippen molar-refractivity contribution < 1.29 is 28.2 Å². The van der Waals surface area contributed by atoms with Crippen LogP contribution >= 0.6 is 0 Å². The van der Waals surface area contributed by atoms with Crippen LogP contribution in [-0.4, -0.2) is 47.7 Å². The highest BCUT2D eigenvalue weighted by molar-refractivity contribution is 5.89. The molecule has 7 nitrogen and oxygen atoms in total. The van der Waals surface area contributed by atoms with E-state index < -0.39 is 41.5 Å². The molecule has 2 amide bonds. The Kier molecular flexibility index (Phi) is 7.75. The van der Waals surface area contributed by atoms with Crippen molar-refractivity contribution in [1.29, 1.82) is 0 Å². The molecule has 1 aromatic carbocycles. The molecule has 27 heavy (non-hydrogen) atoms. The molecule has 150 valence electrons. The Balaban J connectivity index is 2.96. The first-order valence-electron chi connectivity index (χ1n) is 8.57. The highest BCUT2D eigenvalue weighted by Crippen LogP contribution is 2.13. The minimum atomic E-state index is -0.938. The molecule has 0 bridgehead atoms. The average Bonchev–Trinajstić information content (AvgIpc) is 2.57. The van der Waals surface area contributed by atoms with Gasteiger partial charge in [-0.05, 0) is 52.3 Å². The molecule has 0 aliphatic rings. The molecule has 0 radical (unpaired) electrons. The number of hydrogen-bond donors (Lipinski definition) is 1. The van der Waals surface area contributed by atoms with E-state index in [0.29, 0.717) is 5.56 Å². The van der Waals surface area contributed by atoms with Crippen LogP contribution in [0.1, 0.15) is 40.2 Å². The Labute approximate surface area is 158 Å². The quantitative estimate of drug-likeness (QED) is 0.765. The van der Waals surface area contributed by atoms with Crippen molar-refractivity contribution in [3.8, 4) is 0 Å². The van der Waals surface area contributed by atoms with Gasteiger partial charge < -0.3 is 19.7 Å². The maximum absolute atomic E-state index is 13.1. The fourth-order valence-corrected chi connectivity index (χ4v) is 2.28. The van der Waals surface area contributed by atoms with Crippen molar-refractivity contribution in [2.45, 2.75) is 58.8 Å². The molecular formula is C19H27FN2O5. The van der Waals surface area contributed by atoms with E-state index in [1.54, 1.807) is 20.8 Å². The third-order valence-corrected chi connectivity index (χ3v) is 3.66. The smallest absolute Gasteiger partial charge is 0.408 e. The number of ether oxygens (including phenoxy) is 2. The van der Waals surface area contributed by atoms with Crippen LogP contribution in [0.4, 0.5) is 9.18 Å². The van der Waals surface area contributed by atoms with Gasteiger partial charge in [-0.2, -0.15) is 0 Å². The van der Waals surface area contributed by atoms with Crippen molar-refractivity contribution >= 4 is 18.0 Å². The summed E-state index contributed by atoms with van der Waals surface area (Å²) in [5.74, 6) is -1.50. The molecule has 0 fully saturated rings. The Morgan fingerprint density at radius 1 is 1.15 bits per heavy atom. The number of rotatable bonds is 6. The monoisotopic (exact) mass is 382 g/mol. The molecule has 0 saturated heterocycles. The van der Waals surface area contributed by atoms with E-state index in [9.17, 15) is 18.8 Å². The minimum Gasteiger partial charge on any atom is -0.467 e. The fraction of sp³-hybridized carbons (Fsp3) is 0.526. The third kappa shape index (κ3) is 7.24. The van der Waals surface area contributed by atoms with Gasteiger partial charge in [-0.15, -0.1) is 0 Å². The third-order valence-electron chi connectivity index (χ3n) is 3.66. The Morgan fingerprint density at radius 2 is 1.70 bits per heavy atom. The number of nitrogens with zero attached hydrogens (tertiary/aromatic N) is 1. The minimum absolute atomic E-state index is 0.0513. The first-order chi connectivity index (χ1) is 12.4. The number of halogens is 1. The van der Waals surface area contributed by atoms with Gasteiger partial charge in [0.1, 0.15) is 23.5 Å². The SMILES string of the molecule is COC(=O)C(C)N(Cc1ccc(F)cc1)C(=O)C(C)NC(=O)OC(C)(C)C. The van der Waals surface area contributed by atoms with E-state index in [2.05, 4.69) is 5.32 Å². The zero-order valence-electron chi connectivity index (χ0n) is 16.5. The molecular weight excluding hydrogens is 355 g/mol. The summed E-state index contributed by atoms with van der Waals surface area (Å²) >= 11 is 0. The van der Waals surface area contributed by atoms with Crippen molar-refractivity contribution in [2.75, 3.05) is 7.11 Å². The van der Waals surface area contributed by atoms with Crippen LogP contribution in [0, 0.1) is 5.82 Å². The van der Waals surface area contributed by atoms with Gasteiger partial charge in [0, 0.05) is 6.54 Å². The van der Waals surface area contributed by atoms with E-state index in [4.69, 9.17) is 9.47 Å². The largest absolute Gasteiger partial charge is 0.467 e. The highest BCUT2D eigenvalue weighted by atomic mass is 19.1. The van der Waals surface area contributed by atoms with E-state index in [1.807, 2.05) is 0 Å². The van der Waals surface area contributed by atoms with Gasteiger partial charge in [0.2, 0.25) is 5.91 Å². The van der Waals surface area contributed by atoms with Crippen LogP contribution in [0.15, 0.2) is 24.3 Å². The van der Waals surface area contributed by atoms with Crippen LogP contribution in [0.3, 0.4) is 0 Å². The average molecular weight is 382 g/mol. The number of benzene rings is 1. The molecule has 0 spiro atoms. The summed E-state index contributed by atoms with van der Waals surface area (Å²) in [5.41, 5.74) is -0.0788. The highest BCUT2D eigenvalue weighted by Gasteiger charge is 2.31. The molecule has 0 aliphatic heterocycles. The van der Waals surface area contributed by atoms with E-state index in [1.165, 1.54) is 50.1 Å². The molecule has 0 heterocycles. The van der Waals surface area contributed by atoms with Crippen molar-refractivity contribution in [2.24, 2.45) is 0 Å². The number of carbonyl (C=O) groups is 3. The number of amides is 2. The summed E-state index contributed by atoms with van der Waals surface area (Å²) in [6.07, 6.45) is -0.740. The molecule has 1 rings (SSSR count). The molecule has 0 saturated carbocycles. The van der Waals surface area contributed by atoms with Gasteiger partial charge in [0.15, 0.2) is 0 Å². The Hall–Kier alpha value is -2.64. The number of hydrogen-bond acceptors (Lipinski definition) is 5. The second-order valence-corrected chi connectivity index (χ2v) is 7.16. The summed E-state index contributed by atoms with van der Waals surface area (Å²) in [4.78, 5) is 38.0. The van der Waals surface area contributed by atoms with Gasteiger partial charge in [0.25, 0.3) is 0 Å². The normalized spacial score (nSPS) is 13.3. The summed E-state index contributed by atoms with van der Waals surface area (Å²) in [7, 11) is 1.22. The molecule has 2 unspecified atom stereocenters. The fourth-order valence-electron chi connectivity index (χ4n) is 2.28. The summed E-state index contributed by atoms with van der Waals surface area (Å²) in [6.45, 7) is 8.19. The Bertz CT molecular complexity index is 670. The van der Waals surface area contributed by atoms with Crippen LogP contribution in [0.25, 0.3) is 0 Å². The summed E-state index contributed by atoms with van der Waals surface area (Å²) < 4.78 is 23.0. The predicted octanol–water partition coefficient (Wildman–Crippen LogP) is 2.63. The first kappa shape index (κ1) is 22.4. The molecule has 0 aliphatic carbocycles. The van der Waals surface area contributed by atoms with Crippen molar-refractivity contribution in [3.63, 3.8) is 0 Å². The molecule has 1 N–H and O–H groups in total. The number of methoxy groups -OCH3 is 1. The first-order valence-corrected chi connectivity index (χ1v) is 8.57. The zero-order chi connectivity index (χ0) is 20.8. The lowest BCUT2D eigenvalue weighted by Gasteiger charge is -2.30. The van der Waals surface area contributed by atoms with E-state index in [-0.39, 0.29) is 6.54 Å². The van der Waals surface area contributed by atoms with Crippen LogP contribution in [-0.2, 0) is 25.6 Å². The zero-order valence-corrected chi connectivity index (χ0v) is 16.5. The van der Waals surface area contributed by atoms with Crippen molar-refractivity contribution in [3.05, 3.63) is 35.6 Å². The van der Waals surface area contributed by atoms with Gasteiger partial charge in [-0.25, -0.2) is 14.0 Å². The van der Waals surface area contributed by atoms with E-state index in [0.717, 1.165) is 0 Å². The van der Waals surface area contributed by atoms with Gasteiger partial charge in [-0.3, -0.25) is 4.79 Å². The molecule has 0 aromatic heterocycles. The van der Waals surface area contributed by atoms with Crippen LogP contribution in [0.2, 0.25) is 0 Å². The van der Waals surface area contributed by atoms with E-state index >= 15 is 0 Å². The van der Waals surface area contributed by atoms with Crippen LogP contribution < -0.4 is 5.32 Å². The second-order valence-electron chi connectivity index (χ2n) is 7.16. The lowest BCUT2D eigenvalue weighted by molar-refractivity contribution is -0.153. The van der Waals surface area contributed by atoms with Crippen molar-refractivity contribution in [1.82, 2.24) is 10.2 Å². The lowest BCUT2D eigenvalue weighted by atomic mass is 10.1. The predicted molar refractivity (Wildman–Crippen MR) is 97.3 cm³/mol. The number of nitrogens with one attached hydrogen (secondary N) is 1. The summed E-state index contributed by atoms with van der Waals surface area (Å²) in [6, 6.07) is 3.74. The number of alkyl carbamates (subject to hydrolysis) is 1. The topological polar surface area (TPSA) is 84.9 Å². The Morgan fingerprint density at radius 3 is 2.19 bits per heavy atom. The maximum atomic E-state index is 13.1. The van der Waals surface area contributed by atoms with Gasteiger partial charge >= 0.3 is 12.1 Å². The number of esters is 1. The summed E-state index contributed by atoms with van der Waals surface area (Å²) in [5, 5.41) is 2.46. The van der Waals surface area contributed by atoms with Crippen LogP contribution in [0.5, 0.6) is 0 Å². The molecule has 8 heteroatoms. The molecule has 2 atom stereocenters. The standard InChI is InChI=1S/C19H27FN2O5/c1-12(21-18(25)27-19(3,4)5)16(23)22(13(2)17(24)26-6)11-14-7-9-15(20)10-8-14/h7-10,12-13H,11H2,1-6H3,(H,21,25). The van der Waals surface area contributed by atoms with Gasteiger partial charge in [-0.1, -0.05) is 12.1 Å². The maximum Gasteiger partial charge on any atom is 0.408 e. The number of carbonyl (C=O) groups excluding carboxylic acids is 3. The molecule has 1 aromatic rings. The lowest BCUT2D eigenvalue weighted by Crippen LogP contribution is -2.52. The van der Waals surface area contributed by atoms with Gasteiger partial charge in [0.05, 0.1) is 7.11 Å². The second kappa shape index (κ2) is 9.34.